The topological polar surface area (TPSA) is 66.5 Å². The van der Waals surface area contributed by atoms with Crippen LogP contribution in [0.5, 0.6) is 0 Å². The Morgan fingerprint density at radius 3 is 2.44 bits per heavy atom. The average molecular weight is 469 g/mol. The maximum absolute atomic E-state index is 12.9. The number of nitrogens with zero attached hydrogens (tertiary/aromatic N) is 1. The third kappa shape index (κ3) is 4.97. The lowest BCUT2D eigenvalue weighted by molar-refractivity contribution is 0.0932. The third-order valence-corrected chi connectivity index (χ3v) is 7.27. The van der Waals surface area contributed by atoms with Gasteiger partial charge in [0.1, 0.15) is 0 Å². The van der Waals surface area contributed by atoms with Crippen molar-refractivity contribution >= 4 is 33.2 Å². The van der Waals surface area contributed by atoms with Crippen molar-refractivity contribution in [1.82, 2.24) is 5.32 Å². The van der Waals surface area contributed by atoms with Crippen molar-refractivity contribution in [1.29, 1.82) is 0 Å². The first-order valence-corrected chi connectivity index (χ1v) is 12.8. The summed E-state index contributed by atoms with van der Waals surface area (Å²) in [6, 6.07) is 22.0. The van der Waals surface area contributed by atoms with Crippen molar-refractivity contribution in [3.05, 3.63) is 100 Å². The molecule has 5 nitrogen and oxygen atoms in total. The minimum absolute atomic E-state index is 0.0140. The molecule has 0 radical (unpaired) electrons. The van der Waals surface area contributed by atoms with E-state index < -0.39 is 10.0 Å². The Balaban J connectivity index is 1.52. The van der Waals surface area contributed by atoms with Gasteiger partial charge in [-0.3, -0.25) is 9.10 Å². The van der Waals surface area contributed by atoms with Gasteiger partial charge in [0, 0.05) is 10.6 Å². The van der Waals surface area contributed by atoms with Crippen LogP contribution in [0.1, 0.15) is 45.9 Å². The van der Waals surface area contributed by atoms with E-state index in [4.69, 9.17) is 11.6 Å². The van der Waals surface area contributed by atoms with Crippen LogP contribution >= 0.6 is 11.6 Å². The van der Waals surface area contributed by atoms with E-state index >= 15 is 0 Å². The highest BCUT2D eigenvalue weighted by molar-refractivity contribution is 7.92. The lowest BCUT2D eigenvalue weighted by Crippen LogP contribution is -2.31. The number of aryl methyl sites for hydroxylation is 1. The molecule has 4 rings (SSSR count). The van der Waals surface area contributed by atoms with E-state index in [0.717, 1.165) is 25.5 Å². The van der Waals surface area contributed by atoms with E-state index in [1.807, 2.05) is 18.2 Å². The fourth-order valence-corrected chi connectivity index (χ4v) is 5.18. The van der Waals surface area contributed by atoms with Crippen molar-refractivity contribution in [2.24, 2.45) is 0 Å². The van der Waals surface area contributed by atoms with Crippen molar-refractivity contribution in [3.8, 4) is 0 Å². The lowest BCUT2D eigenvalue weighted by atomic mass is 9.87. The number of rotatable bonds is 6. The molecule has 32 heavy (non-hydrogen) atoms. The van der Waals surface area contributed by atoms with E-state index in [2.05, 4.69) is 17.4 Å². The maximum Gasteiger partial charge on any atom is 0.251 e. The van der Waals surface area contributed by atoms with E-state index in [1.165, 1.54) is 15.4 Å². The second-order valence-electron chi connectivity index (χ2n) is 8.03. The van der Waals surface area contributed by atoms with Gasteiger partial charge in [0.25, 0.3) is 5.91 Å². The number of halogens is 1. The maximum atomic E-state index is 12.9. The monoisotopic (exact) mass is 468 g/mol. The third-order valence-electron chi connectivity index (χ3n) is 5.76. The van der Waals surface area contributed by atoms with Gasteiger partial charge in [-0.1, -0.05) is 54.1 Å². The van der Waals surface area contributed by atoms with E-state index in [-0.39, 0.29) is 18.5 Å². The molecule has 0 fully saturated rings. The number of sulfonamides is 1. The van der Waals surface area contributed by atoms with Gasteiger partial charge in [0.15, 0.2) is 0 Å². The number of fused-ring (bicyclic) bond motifs is 1. The molecule has 1 aliphatic rings. The number of carbonyl (C=O) groups excluding carboxylic acids is 1. The molecule has 0 bridgehead atoms. The molecule has 1 aliphatic carbocycles. The molecule has 3 aromatic rings. The number of hydrogen-bond acceptors (Lipinski definition) is 3. The molecule has 7 heteroatoms. The molecule has 1 unspecified atom stereocenters. The zero-order valence-electron chi connectivity index (χ0n) is 17.8. The Hall–Kier alpha value is -2.83. The molecule has 0 spiro atoms. The van der Waals surface area contributed by atoms with E-state index in [0.29, 0.717) is 21.8 Å². The largest absolute Gasteiger partial charge is 0.345 e. The molecular formula is C25H25ClN2O3S. The summed E-state index contributed by atoms with van der Waals surface area (Å²) in [7, 11) is -3.55. The average Bonchev–Trinajstić information content (AvgIpc) is 2.78. The summed E-state index contributed by atoms with van der Waals surface area (Å²) in [6.45, 7) is 0.114. The number of nitrogens with one attached hydrogen (secondary N) is 1. The first-order valence-electron chi connectivity index (χ1n) is 10.5. The molecule has 1 atom stereocenters. The van der Waals surface area contributed by atoms with Gasteiger partial charge in [-0.05, 0) is 66.3 Å². The first-order chi connectivity index (χ1) is 15.3. The molecule has 166 valence electrons. The van der Waals surface area contributed by atoms with Crippen LogP contribution in [0.2, 0.25) is 5.02 Å². The summed E-state index contributed by atoms with van der Waals surface area (Å²) in [4.78, 5) is 12.9. The van der Waals surface area contributed by atoms with E-state index in [1.54, 1.807) is 42.5 Å². The minimum atomic E-state index is -3.55. The normalized spacial score (nSPS) is 15.6. The fourth-order valence-electron chi connectivity index (χ4n) is 4.11. The molecule has 0 heterocycles. The lowest BCUT2D eigenvalue weighted by Gasteiger charge is -2.26. The molecule has 1 amide bonds. The Kier molecular flexibility index (Phi) is 6.53. The van der Waals surface area contributed by atoms with Gasteiger partial charge in [-0.15, -0.1) is 0 Å². The zero-order chi connectivity index (χ0) is 22.7. The summed E-state index contributed by atoms with van der Waals surface area (Å²) in [5.74, 6) is -0.171. The van der Waals surface area contributed by atoms with Crippen LogP contribution in [0.4, 0.5) is 5.69 Å². The highest BCUT2D eigenvalue weighted by atomic mass is 35.5. The predicted molar refractivity (Wildman–Crippen MR) is 129 cm³/mol. The van der Waals surface area contributed by atoms with Gasteiger partial charge in [0.05, 0.1) is 24.5 Å². The molecule has 0 saturated carbocycles. The number of amides is 1. The smallest absolute Gasteiger partial charge is 0.251 e. The molecule has 3 aromatic carbocycles. The van der Waals surface area contributed by atoms with Gasteiger partial charge < -0.3 is 5.32 Å². The van der Waals surface area contributed by atoms with Crippen molar-refractivity contribution < 1.29 is 13.2 Å². The quantitative estimate of drug-likeness (QED) is 0.546. The molecule has 1 N–H and O–H groups in total. The predicted octanol–water partition coefficient (Wildman–Crippen LogP) is 5.11. The SMILES string of the molecule is CS(=O)(=O)N(Cc1ccccc1Cl)c1ccc(C(=O)NC2CCCc3ccccc32)cc1. The van der Waals surface area contributed by atoms with Crippen LogP contribution in [-0.4, -0.2) is 20.6 Å². The molecule has 0 aliphatic heterocycles. The van der Waals surface area contributed by atoms with Gasteiger partial charge >= 0.3 is 0 Å². The van der Waals surface area contributed by atoms with Crippen molar-refractivity contribution in [2.75, 3.05) is 10.6 Å². The minimum Gasteiger partial charge on any atom is -0.345 e. The molecule has 0 saturated heterocycles. The Morgan fingerprint density at radius 2 is 1.72 bits per heavy atom. The standard InChI is InChI=1S/C25H25ClN2O3S/c1-32(30,31)28(17-20-8-3-5-11-23(20)26)21-15-13-19(14-16-21)25(29)27-24-12-6-9-18-7-2-4-10-22(18)24/h2-5,7-8,10-11,13-16,24H,6,9,12,17H2,1H3,(H,27,29). The van der Waals surface area contributed by atoms with Crippen molar-refractivity contribution in [3.63, 3.8) is 0 Å². The number of hydrogen-bond donors (Lipinski definition) is 1. The molecule has 0 aromatic heterocycles. The van der Waals surface area contributed by atoms with Crippen LogP contribution in [0.25, 0.3) is 0 Å². The van der Waals surface area contributed by atoms with Crippen LogP contribution in [-0.2, 0) is 23.0 Å². The second kappa shape index (κ2) is 9.35. The first kappa shape index (κ1) is 22.4. The number of benzene rings is 3. The number of carbonyl (C=O) groups is 1. The number of anilines is 1. The highest BCUT2D eigenvalue weighted by Gasteiger charge is 2.23. The van der Waals surface area contributed by atoms with Gasteiger partial charge in [-0.25, -0.2) is 8.42 Å². The van der Waals surface area contributed by atoms with Gasteiger partial charge in [-0.2, -0.15) is 0 Å². The summed E-state index contributed by atoms with van der Waals surface area (Å²) >= 11 is 6.23. The van der Waals surface area contributed by atoms with Gasteiger partial charge in [0.2, 0.25) is 10.0 Å². The van der Waals surface area contributed by atoms with Crippen LogP contribution in [0.3, 0.4) is 0 Å². The van der Waals surface area contributed by atoms with Crippen LogP contribution in [0.15, 0.2) is 72.8 Å². The Bertz CT molecular complexity index is 1230. The Labute approximate surface area is 194 Å². The summed E-state index contributed by atoms with van der Waals surface area (Å²) < 4.78 is 26.2. The summed E-state index contributed by atoms with van der Waals surface area (Å²) in [6.07, 6.45) is 4.13. The summed E-state index contributed by atoms with van der Waals surface area (Å²) in [5, 5.41) is 3.63. The molecular weight excluding hydrogens is 444 g/mol. The second-order valence-corrected chi connectivity index (χ2v) is 10.3. The van der Waals surface area contributed by atoms with Crippen molar-refractivity contribution in [2.45, 2.75) is 31.8 Å². The summed E-state index contributed by atoms with van der Waals surface area (Å²) in [5.41, 5.74) is 4.13. The van der Waals surface area contributed by atoms with Crippen LogP contribution in [0, 0.1) is 0 Å². The van der Waals surface area contributed by atoms with Crippen LogP contribution < -0.4 is 9.62 Å². The zero-order valence-corrected chi connectivity index (χ0v) is 19.4. The highest BCUT2D eigenvalue weighted by Crippen LogP contribution is 2.30. The Morgan fingerprint density at radius 1 is 1.03 bits per heavy atom. The van der Waals surface area contributed by atoms with E-state index in [9.17, 15) is 13.2 Å². The fraction of sp³-hybridized carbons (Fsp3) is 0.240.